The Morgan fingerprint density at radius 1 is 1.32 bits per heavy atom. The number of carbonyl (C=O) groups is 1. The van der Waals surface area contributed by atoms with E-state index in [1.54, 1.807) is 31.2 Å². The van der Waals surface area contributed by atoms with Crippen LogP contribution in [0.2, 0.25) is 5.02 Å². The number of benzene rings is 1. The molecule has 0 saturated carbocycles. The Bertz CT molecular complexity index is 619. The number of nitrogens with one attached hydrogen (secondary N) is 1. The molecular formula is C15H23ClN2O3S. The van der Waals surface area contributed by atoms with Gasteiger partial charge in [0.15, 0.2) is 0 Å². The summed E-state index contributed by atoms with van der Waals surface area (Å²) in [5.41, 5.74) is 0.390. The summed E-state index contributed by atoms with van der Waals surface area (Å²) in [6, 6.07) is 5.68. The predicted molar refractivity (Wildman–Crippen MR) is 90.7 cm³/mol. The molecule has 22 heavy (non-hydrogen) atoms. The molecule has 1 rings (SSSR count). The average Bonchev–Trinajstić information content (AvgIpc) is 2.42. The molecule has 1 amide bonds. The van der Waals surface area contributed by atoms with E-state index >= 15 is 0 Å². The van der Waals surface area contributed by atoms with Crippen LogP contribution in [0.25, 0.3) is 0 Å². The quantitative estimate of drug-likeness (QED) is 0.825. The summed E-state index contributed by atoms with van der Waals surface area (Å²) in [7, 11) is -3.62. The molecule has 0 spiro atoms. The highest BCUT2D eigenvalue weighted by Crippen LogP contribution is 2.25. The Balaban J connectivity index is 3.23. The van der Waals surface area contributed by atoms with Crippen molar-refractivity contribution in [3.8, 4) is 0 Å². The van der Waals surface area contributed by atoms with Gasteiger partial charge in [-0.15, -0.1) is 0 Å². The number of carbonyl (C=O) groups excluding carboxylic acids is 1. The summed E-state index contributed by atoms with van der Waals surface area (Å²) in [6.07, 6.45) is 2.23. The molecule has 7 heteroatoms. The van der Waals surface area contributed by atoms with Crippen molar-refractivity contribution in [1.82, 2.24) is 5.32 Å². The van der Waals surface area contributed by atoms with Crippen molar-refractivity contribution in [2.24, 2.45) is 0 Å². The number of nitrogens with zero attached hydrogens (tertiary/aromatic N) is 1. The molecule has 0 saturated heterocycles. The third-order valence-corrected chi connectivity index (χ3v) is 4.81. The molecule has 0 unspecified atom stereocenters. The third kappa shape index (κ3) is 4.88. The Kier molecular flexibility index (Phi) is 6.68. The van der Waals surface area contributed by atoms with Gasteiger partial charge >= 0.3 is 0 Å². The van der Waals surface area contributed by atoms with Crippen molar-refractivity contribution in [2.45, 2.75) is 45.7 Å². The first-order chi connectivity index (χ1) is 10.2. The molecule has 124 valence electrons. The number of hydrogen-bond acceptors (Lipinski definition) is 3. The highest BCUT2D eigenvalue weighted by atomic mass is 35.5. The maximum absolute atomic E-state index is 12.4. The lowest BCUT2D eigenvalue weighted by atomic mass is 10.1. The minimum absolute atomic E-state index is 0.0117. The summed E-state index contributed by atoms with van der Waals surface area (Å²) in [6.45, 7) is 5.62. The van der Waals surface area contributed by atoms with Gasteiger partial charge < -0.3 is 5.32 Å². The zero-order valence-electron chi connectivity index (χ0n) is 13.3. The van der Waals surface area contributed by atoms with Crippen molar-refractivity contribution < 1.29 is 13.2 Å². The minimum Gasteiger partial charge on any atom is -0.352 e. The van der Waals surface area contributed by atoms with Gasteiger partial charge in [0.2, 0.25) is 15.9 Å². The second-order valence-corrected chi connectivity index (χ2v) is 7.58. The molecule has 0 aliphatic rings. The van der Waals surface area contributed by atoms with Crippen LogP contribution in [0, 0.1) is 0 Å². The van der Waals surface area contributed by atoms with E-state index in [4.69, 9.17) is 11.6 Å². The van der Waals surface area contributed by atoms with Crippen LogP contribution < -0.4 is 9.62 Å². The smallest absolute Gasteiger partial charge is 0.244 e. The van der Waals surface area contributed by atoms with Gasteiger partial charge in [0.05, 0.1) is 11.9 Å². The molecule has 0 aromatic heterocycles. The predicted octanol–water partition coefficient (Wildman–Crippen LogP) is 2.80. The van der Waals surface area contributed by atoms with Gasteiger partial charge in [-0.1, -0.05) is 31.5 Å². The van der Waals surface area contributed by atoms with Crippen LogP contribution in [-0.2, 0) is 14.8 Å². The second kappa shape index (κ2) is 7.83. The summed E-state index contributed by atoms with van der Waals surface area (Å²) >= 11 is 5.95. The van der Waals surface area contributed by atoms with Gasteiger partial charge in [0.25, 0.3) is 0 Å². The molecule has 0 aliphatic carbocycles. The number of hydrogen-bond donors (Lipinski definition) is 1. The first-order valence-corrected chi connectivity index (χ1v) is 9.48. The third-order valence-electron chi connectivity index (χ3n) is 3.39. The van der Waals surface area contributed by atoms with Gasteiger partial charge in [-0.25, -0.2) is 8.42 Å². The van der Waals surface area contributed by atoms with Crippen molar-refractivity contribution >= 4 is 33.2 Å². The van der Waals surface area contributed by atoms with E-state index in [2.05, 4.69) is 5.32 Å². The van der Waals surface area contributed by atoms with Crippen molar-refractivity contribution in [1.29, 1.82) is 0 Å². The molecular weight excluding hydrogens is 324 g/mol. The zero-order valence-corrected chi connectivity index (χ0v) is 14.9. The Hall–Kier alpha value is -1.27. The lowest BCUT2D eigenvalue weighted by Gasteiger charge is -2.31. The Morgan fingerprint density at radius 2 is 1.95 bits per heavy atom. The molecule has 2 atom stereocenters. The van der Waals surface area contributed by atoms with Crippen LogP contribution in [0.3, 0.4) is 0 Å². The fraction of sp³-hybridized carbons (Fsp3) is 0.533. The lowest BCUT2D eigenvalue weighted by molar-refractivity contribution is -0.122. The average molecular weight is 347 g/mol. The monoisotopic (exact) mass is 346 g/mol. The summed E-state index contributed by atoms with van der Waals surface area (Å²) in [5, 5.41) is 3.26. The van der Waals surface area contributed by atoms with Crippen LogP contribution in [0.1, 0.15) is 33.6 Å². The first-order valence-electron chi connectivity index (χ1n) is 7.26. The largest absolute Gasteiger partial charge is 0.352 e. The van der Waals surface area contributed by atoms with E-state index < -0.39 is 16.1 Å². The standard InChI is InChI=1S/C15H23ClN2O3S/c1-5-11(3)17-15(19)14(6-2)18(22(4,20)21)13-9-7-8-12(16)10-13/h7-11,14H,5-6H2,1-4H3,(H,17,19)/t11-,14-/m1/s1. The maximum Gasteiger partial charge on any atom is 0.244 e. The van der Waals surface area contributed by atoms with E-state index in [9.17, 15) is 13.2 Å². The van der Waals surface area contributed by atoms with Crippen molar-refractivity contribution in [3.05, 3.63) is 29.3 Å². The van der Waals surface area contributed by atoms with Crippen LogP contribution >= 0.6 is 11.6 Å². The first kappa shape index (κ1) is 18.8. The molecule has 1 N–H and O–H groups in total. The number of rotatable bonds is 7. The molecule has 1 aromatic rings. The van der Waals surface area contributed by atoms with E-state index in [1.165, 1.54) is 0 Å². The van der Waals surface area contributed by atoms with Crippen LogP contribution in [0.4, 0.5) is 5.69 Å². The fourth-order valence-corrected chi connectivity index (χ4v) is 3.50. The summed E-state index contributed by atoms with van der Waals surface area (Å²) in [5.74, 6) is -0.303. The normalized spacial score (nSPS) is 14.2. The maximum atomic E-state index is 12.4. The highest BCUT2D eigenvalue weighted by molar-refractivity contribution is 7.92. The number of sulfonamides is 1. The molecule has 1 aromatic carbocycles. The summed E-state index contributed by atoms with van der Waals surface area (Å²) < 4.78 is 25.5. The molecule has 0 bridgehead atoms. The van der Waals surface area contributed by atoms with Gasteiger partial charge in [-0.3, -0.25) is 9.10 Å². The lowest BCUT2D eigenvalue weighted by Crippen LogP contribution is -2.51. The molecule has 0 heterocycles. The van der Waals surface area contributed by atoms with E-state index in [0.29, 0.717) is 17.1 Å². The van der Waals surface area contributed by atoms with Crippen LogP contribution in [-0.4, -0.2) is 32.7 Å². The molecule has 0 radical (unpaired) electrons. The minimum atomic E-state index is -3.62. The van der Waals surface area contributed by atoms with Crippen molar-refractivity contribution in [2.75, 3.05) is 10.6 Å². The Morgan fingerprint density at radius 3 is 2.41 bits per heavy atom. The van der Waals surface area contributed by atoms with E-state index in [1.807, 2.05) is 13.8 Å². The topological polar surface area (TPSA) is 66.5 Å². The number of anilines is 1. The van der Waals surface area contributed by atoms with E-state index in [0.717, 1.165) is 17.0 Å². The van der Waals surface area contributed by atoms with Gasteiger partial charge in [-0.2, -0.15) is 0 Å². The van der Waals surface area contributed by atoms with Crippen molar-refractivity contribution in [3.63, 3.8) is 0 Å². The highest BCUT2D eigenvalue weighted by Gasteiger charge is 2.31. The summed E-state index contributed by atoms with van der Waals surface area (Å²) in [4.78, 5) is 12.4. The zero-order chi connectivity index (χ0) is 16.9. The fourth-order valence-electron chi connectivity index (χ4n) is 2.11. The molecule has 0 aliphatic heterocycles. The van der Waals surface area contributed by atoms with Crippen LogP contribution in [0.15, 0.2) is 24.3 Å². The van der Waals surface area contributed by atoms with E-state index in [-0.39, 0.29) is 11.9 Å². The second-order valence-electron chi connectivity index (χ2n) is 5.28. The number of halogens is 1. The van der Waals surface area contributed by atoms with Crippen LogP contribution in [0.5, 0.6) is 0 Å². The number of amides is 1. The molecule has 0 fully saturated rings. The molecule has 5 nitrogen and oxygen atoms in total. The Labute approximate surface area is 137 Å². The SMILES string of the molecule is CC[C@@H](C)NC(=O)[C@@H](CC)N(c1cccc(Cl)c1)S(C)(=O)=O. The van der Waals surface area contributed by atoms with Gasteiger partial charge in [0, 0.05) is 11.1 Å². The van der Waals surface area contributed by atoms with Gasteiger partial charge in [0.1, 0.15) is 6.04 Å². The van der Waals surface area contributed by atoms with Gasteiger partial charge in [-0.05, 0) is 38.0 Å².